The van der Waals surface area contributed by atoms with E-state index in [4.69, 9.17) is 30.5 Å². The lowest BCUT2D eigenvalue weighted by molar-refractivity contribution is 0.0798. The molecule has 2 atom stereocenters. The fraction of sp³-hybridized carbons (Fsp3) is 1.00. The molecule has 0 aromatic heterocycles. The second-order valence-electron chi connectivity index (χ2n) is 6.45. The maximum atomic E-state index is 8.88. The fourth-order valence-corrected chi connectivity index (χ4v) is 4.86. The molecule has 21 heavy (non-hydrogen) atoms. The summed E-state index contributed by atoms with van der Waals surface area (Å²) in [6.45, 7) is 10.3. The predicted molar refractivity (Wildman–Crippen MR) is 91.9 cm³/mol. The third-order valence-corrected chi connectivity index (χ3v) is 5.34. The van der Waals surface area contributed by atoms with Gasteiger partial charge in [0, 0.05) is 6.61 Å². The Bertz CT molecular complexity index is 288. The van der Waals surface area contributed by atoms with E-state index in [2.05, 4.69) is 27.7 Å². The van der Waals surface area contributed by atoms with Crippen LogP contribution in [0.3, 0.4) is 0 Å². The van der Waals surface area contributed by atoms with Crippen LogP contribution in [0.1, 0.15) is 60.8 Å². The van der Waals surface area contributed by atoms with Crippen LogP contribution in [0, 0.1) is 11.8 Å². The average Bonchev–Trinajstić information content (AvgIpc) is 2.25. The maximum absolute atomic E-state index is 8.88. The van der Waals surface area contributed by atoms with Crippen molar-refractivity contribution in [2.24, 2.45) is 11.8 Å². The van der Waals surface area contributed by atoms with Gasteiger partial charge in [-0.2, -0.15) is 0 Å². The molecule has 0 aliphatic rings. The minimum atomic E-state index is -2.75. The lowest BCUT2D eigenvalue weighted by Crippen LogP contribution is -2.17. The SMILES string of the molecule is CC(C)CC(C)OP(=S)(OCCCO)OC(C)CC(C)C. The molecule has 0 aliphatic carbocycles. The van der Waals surface area contributed by atoms with Crippen LogP contribution >= 0.6 is 6.72 Å². The van der Waals surface area contributed by atoms with Gasteiger partial charge in [0.25, 0.3) is 0 Å². The largest absolute Gasteiger partial charge is 0.396 e. The van der Waals surface area contributed by atoms with E-state index in [0.29, 0.717) is 24.9 Å². The summed E-state index contributed by atoms with van der Waals surface area (Å²) in [6, 6.07) is 0. The van der Waals surface area contributed by atoms with E-state index in [9.17, 15) is 0 Å². The van der Waals surface area contributed by atoms with Crippen molar-refractivity contribution in [2.45, 2.75) is 73.0 Å². The molecule has 0 radical (unpaired) electrons. The molecule has 0 aliphatic heterocycles. The smallest absolute Gasteiger partial charge is 0.327 e. The van der Waals surface area contributed by atoms with Gasteiger partial charge in [0.2, 0.25) is 0 Å². The Kier molecular flexibility index (Phi) is 11.4. The summed E-state index contributed by atoms with van der Waals surface area (Å²) in [6.07, 6.45) is 2.41. The van der Waals surface area contributed by atoms with E-state index in [-0.39, 0.29) is 18.8 Å². The highest BCUT2D eigenvalue weighted by atomic mass is 32.5. The lowest BCUT2D eigenvalue weighted by Gasteiger charge is -2.29. The molecule has 2 unspecified atom stereocenters. The van der Waals surface area contributed by atoms with Crippen molar-refractivity contribution < 1.29 is 18.7 Å². The molecule has 0 saturated carbocycles. The first kappa shape index (κ1) is 21.5. The first-order valence-corrected chi connectivity index (χ1v) is 10.5. The summed E-state index contributed by atoms with van der Waals surface area (Å²) in [7, 11) is 0. The van der Waals surface area contributed by atoms with Crippen molar-refractivity contribution in [1.82, 2.24) is 0 Å². The van der Waals surface area contributed by atoms with E-state index in [1.807, 2.05) is 13.8 Å². The van der Waals surface area contributed by atoms with Gasteiger partial charge in [0.05, 0.1) is 18.8 Å². The van der Waals surface area contributed by atoms with E-state index < -0.39 is 6.72 Å². The van der Waals surface area contributed by atoms with Crippen molar-refractivity contribution in [1.29, 1.82) is 0 Å². The molecular weight excluding hydrogens is 307 g/mol. The molecule has 0 bridgehead atoms. The van der Waals surface area contributed by atoms with Crippen LogP contribution in [-0.4, -0.2) is 30.5 Å². The highest BCUT2D eigenvalue weighted by Crippen LogP contribution is 2.53. The third-order valence-electron chi connectivity index (χ3n) is 2.78. The van der Waals surface area contributed by atoms with Crippen molar-refractivity contribution >= 4 is 18.5 Å². The molecule has 0 amide bonds. The van der Waals surface area contributed by atoms with Gasteiger partial charge < -0.3 is 18.7 Å². The standard InChI is InChI=1S/C15H33O4PS/c1-12(2)10-14(5)18-20(21,17-9-7-8-16)19-15(6)11-13(3)4/h12-16H,7-11H2,1-6H3. The summed E-state index contributed by atoms with van der Waals surface area (Å²) in [5, 5.41) is 8.88. The molecule has 0 fully saturated rings. The molecule has 0 spiro atoms. The molecule has 6 heteroatoms. The monoisotopic (exact) mass is 340 g/mol. The van der Waals surface area contributed by atoms with E-state index in [1.54, 1.807) is 0 Å². The lowest BCUT2D eigenvalue weighted by atomic mass is 10.1. The van der Waals surface area contributed by atoms with Crippen LogP contribution in [0.2, 0.25) is 0 Å². The van der Waals surface area contributed by atoms with E-state index >= 15 is 0 Å². The highest BCUT2D eigenvalue weighted by molar-refractivity contribution is 8.07. The normalized spacial score (nSPS) is 18.0. The van der Waals surface area contributed by atoms with Crippen molar-refractivity contribution in [3.63, 3.8) is 0 Å². The topological polar surface area (TPSA) is 47.9 Å². The Morgan fingerprint density at radius 2 is 1.33 bits per heavy atom. The second kappa shape index (κ2) is 11.1. The number of rotatable bonds is 12. The van der Waals surface area contributed by atoms with Crippen LogP contribution < -0.4 is 0 Å². The van der Waals surface area contributed by atoms with Gasteiger partial charge in [-0.05, 0) is 56.8 Å². The number of aliphatic hydroxyl groups is 1. The molecule has 0 rings (SSSR count). The Morgan fingerprint density at radius 1 is 0.905 bits per heavy atom. The zero-order valence-electron chi connectivity index (χ0n) is 14.4. The third kappa shape index (κ3) is 11.7. The summed E-state index contributed by atoms with van der Waals surface area (Å²) in [5.41, 5.74) is 0. The fourth-order valence-electron chi connectivity index (χ4n) is 2.18. The molecular formula is C15H33O4PS. The van der Waals surface area contributed by atoms with Crippen LogP contribution in [0.15, 0.2) is 0 Å². The molecule has 0 aromatic carbocycles. The van der Waals surface area contributed by atoms with Gasteiger partial charge in [-0.1, -0.05) is 27.7 Å². The summed E-state index contributed by atoms with van der Waals surface area (Å²) >= 11 is 5.54. The minimum Gasteiger partial charge on any atom is -0.396 e. The number of aliphatic hydroxyl groups excluding tert-OH is 1. The Labute approximate surface area is 135 Å². The molecule has 0 saturated heterocycles. The Morgan fingerprint density at radius 3 is 1.67 bits per heavy atom. The van der Waals surface area contributed by atoms with Gasteiger partial charge in [-0.15, -0.1) is 0 Å². The number of hydrogen-bond acceptors (Lipinski definition) is 5. The van der Waals surface area contributed by atoms with Crippen LogP contribution in [0.4, 0.5) is 0 Å². The summed E-state index contributed by atoms with van der Waals surface area (Å²) in [4.78, 5) is 0. The highest BCUT2D eigenvalue weighted by Gasteiger charge is 2.27. The molecule has 4 nitrogen and oxygen atoms in total. The van der Waals surface area contributed by atoms with Crippen molar-refractivity contribution in [2.75, 3.05) is 13.2 Å². The van der Waals surface area contributed by atoms with Gasteiger partial charge in [0.1, 0.15) is 0 Å². The van der Waals surface area contributed by atoms with E-state index in [0.717, 1.165) is 12.8 Å². The van der Waals surface area contributed by atoms with Crippen molar-refractivity contribution in [3.8, 4) is 0 Å². The van der Waals surface area contributed by atoms with Gasteiger partial charge in [-0.25, -0.2) is 0 Å². The first-order valence-electron chi connectivity index (χ1n) is 7.90. The first-order chi connectivity index (χ1) is 9.68. The summed E-state index contributed by atoms with van der Waals surface area (Å²) < 4.78 is 17.6. The molecule has 0 heterocycles. The minimum absolute atomic E-state index is 0.0104. The van der Waals surface area contributed by atoms with Gasteiger partial charge in [-0.3, -0.25) is 0 Å². The second-order valence-corrected chi connectivity index (χ2v) is 9.36. The van der Waals surface area contributed by atoms with Gasteiger partial charge >= 0.3 is 6.72 Å². The van der Waals surface area contributed by atoms with Crippen LogP contribution in [0.25, 0.3) is 0 Å². The number of hydrogen-bond donors (Lipinski definition) is 1. The molecule has 1 N–H and O–H groups in total. The quantitative estimate of drug-likeness (QED) is 0.418. The Hall–Kier alpha value is 0.490. The Balaban J connectivity index is 4.63. The van der Waals surface area contributed by atoms with E-state index in [1.165, 1.54) is 0 Å². The molecule has 0 aromatic rings. The van der Waals surface area contributed by atoms with Crippen LogP contribution in [0.5, 0.6) is 0 Å². The van der Waals surface area contributed by atoms with Crippen molar-refractivity contribution in [3.05, 3.63) is 0 Å². The summed E-state index contributed by atoms with van der Waals surface area (Å²) in [5.74, 6) is 1.07. The zero-order valence-corrected chi connectivity index (χ0v) is 16.1. The average molecular weight is 340 g/mol. The van der Waals surface area contributed by atoms with Gasteiger partial charge in [0.15, 0.2) is 0 Å². The zero-order chi connectivity index (χ0) is 16.5. The van der Waals surface area contributed by atoms with Crippen LogP contribution in [-0.2, 0) is 25.4 Å². The molecule has 128 valence electrons. The predicted octanol–water partition coefficient (Wildman–Crippen LogP) is 4.51. The maximum Gasteiger partial charge on any atom is 0.327 e.